The van der Waals surface area contributed by atoms with Gasteiger partial charge in [0.25, 0.3) is 0 Å². The van der Waals surface area contributed by atoms with Crippen LogP contribution in [0.1, 0.15) is 25.7 Å². The molecule has 0 aromatic heterocycles. The van der Waals surface area contributed by atoms with E-state index in [0.29, 0.717) is 12.0 Å². The van der Waals surface area contributed by atoms with Gasteiger partial charge in [-0.15, -0.1) is 0 Å². The van der Waals surface area contributed by atoms with Crippen LogP contribution in [0.4, 0.5) is 0 Å². The third-order valence-corrected chi connectivity index (χ3v) is 3.35. The van der Waals surface area contributed by atoms with Crippen molar-refractivity contribution in [2.24, 2.45) is 5.92 Å². The highest BCUT2D eigenvalue weighted by Gasteiger charge is 2.32. The molecule has 13 heavy (non-hydrogen) atoms. The first-order valence-electron chi connectivity index (χ1n) is 5.28. The molecular weight excluding hydrogens is 158 g/mol. The third kappa shape index (κ3) is 1.06. The van der Waals surface area contributed by atoms with Crippen molar-refractivity contribution in [2.45, 2.75) is 31.7 Å². The molecule has 3 aliphatic rings. The van der Waals surface area contributed by atoms with Gasteiger partial charge in [-0.1, -0.05) is 24.3 Å². The molecule has 0 spiro atoms. The van der Waals surface area contributed by atoms with Crippen LogP contribution < -0.4 is 5.32 Å². The van der Waals surface area contributed by atoms with Crippen molar-refractivity contribution in [1.29, 1.82) is 0 Å². The minimum absolute atomic E-state index is 0.681. The minimum Gasteiger partial charge on any atom is -0.384 e. The molecule has 2 atom stereocenters. The van der Waals surface area contributed by atoms with Crippen LogP contribution in [-0.4, -0.2) is 6.04 Å². The molecule has 0 saturated carbocycles. The van der Waals surface area contributed by atoms with Crippen LogP contribution >= 0.6 is 0 Å². The van der Waals surface area contributed by atoms with Crippen LogP contribution in [-0.2, 0) is 0 Å². The molecule has 0 radical (unpaired) electrons. The van der Waals surface area contributed by atoms with Gasteiger partial charge in [-0.3, -0.25) is 0 Å². The molecule has 0 fully saturated rings. The van der Waals surface area contributed by atoms with Gasteiger partial charge in [0.05, 0.1) is 0 Å². The lowest BCUT2D eigenvalue weighted by Crippen LogP contribution is -2.29. The maximum Gasteiger partial charge on any atom is 0.0365 e. The minimum atomic E-state index is 0.681. The number of hydrogen-bond acceptors (Lipinski definition) is 1. The monoisotopic (exact) mass is 173 g/mol. The Labute approximate surface area is 79.2 Å². The average molecular weight is 173 g/mol. The van der Waals surface area contributed by atoms with Crippen LogP contribution in [0.5, 0.6) is 0 Å². The van der Waals surface area contributed by atoms with Crippen LogP contribution in [0, 0.1) is 5.92 Å². The number of fused-ring (bicyclic) bond motifs is 2. The van der Waals surface area contributed by atoms with E-state index in [2.05, 4.69) is 29.6 Å². The Hall–Kier alpha value is -0.980. The van der Waals surface area contributed by atoms with Crippen molar-refractivity contribution < 1.29 is 0 Å². The van der Waals surface area contributed by atoms with E-state index in [0.717, 1.165) is 0 Å². The molecule has 1 N–H and O–H groups in total. The van der Waals surface area contributed by atoms with Gasteiger partial charge in [-0.2, -0.15) is 0 Å². The quantitative estimate of drug-likeness (QED) is 0.555. The largest absolute Gasteiger partial charge is 0.384 e. The molecule has 68 valence electrons. The number of hydrogen-bond donors (Lipinski definition) is 1. The zero-order chi connectivity index (χ0) is 8.67. The van der Waals surface area contributed by atoms with Crippen LogP contribution in [0.2, 0.25) is 0 Å². The van der Waals surface area contributed by atoms with E-state index in [-0.39, 0.29) is 0 Å². The van der Waals surface area contributed by atoms with E-state index in [9.17, 15) is 0 Å². The fourth-order valence-electron chi connectivity index (χ4n) is 2.69. The first-order valence-corrected chi connectivity index (χ1v) is 5.28. The number of rotatable bonds is 0. The summed E-state index contributed by atoms with van der Waals surface area (Å²) < 4.78 is 0. The third-order valence-electron chi connectivity index (χ3n) is 3.35. The smallest absolute Gasteiger partial charge is 0.0365 e. The first-order chi connectivity index (χ1) is 6.45. The van der Waals surface area contributed by atoms with E-state index < -0.39 is 0 Å². The lowest BCUT2D eigenvalue weighted by atomic mass is 9.86. The fourth-order valence-corrected chi connectivity index (χ4v) is 2.69. The molecule has 1 heteroatoms. The van der Waals surface area contributed by atoms with Crippen molar-refractivity contribution in [3.63, 3.8) is 0 Å². The highest BCUT2D eigenvalue weighted by atomic mass is 15.0. The van der Waals surface area contributed by atoms with Gasteiger partial charge in [0.2, 0.25) is 0 Å². The molecular formula is C12H15N. The molecule has 1 nitrogen and oxygen atoms in total. The fraction of sp³-hybridized carbons (Fsp3) is 0.500. The highest BCUT2D eigenvalue weighted by molar-refractivity contribution is 5.40. The van der Waals surface area contributed by atoms with Gasteiger partial charge in [0.1, 0.15) is 0 Å². The Bertz CT molecular complexity index is 309. The second kappa shape index (κ2) is 2.76. The van der Waals surface area contributed by atoms with E-state index in [4.69, 9.17) is 0 Å². The predicted molar refractivity (Wildman–Crippen MR) is 54.2 cm³/mol. The summed E-state index contributed by atoms with van der Waals surface area (Å²) in [6.45, 7) is 0. The Kier molecular flexibility index (Phi) is 1.58. The second-order valence-corrected chi connectivity index (χ2v) is 4.16. The molecule has 0 bridgehead atoms. The Morgan fingerprint density at radius 1 is 1.23 bits per heavy atom. The lowest BCUT2D eigenvalue weighted by Gasteiger charge is -2.21. The van der Waals surface area contributed by atoms with E-state index in [1.807, 2.05) is 0 Å². The summed E-state index contributed by atoms with van der Waals surface area (Å²) in [5.74, 6) is 0.681. The van der Waals surface area contributed by atoms with Crippen LogP contribution in [0.3, 0.4) is 0 Å². The Morgan fingerprint density at radius 2 is 2.23 bits per heavy atom. The highest BCUT2D eigenvalue weighted by Crippen LogP contribution is 2.36. The normalized spacial score (nSPS) is 35.7. The van der Waals surface area contributed by atoms with Gasteiger partial charge in [-0.05, 0) is 31.3 Å². The summed E-state index contributed by atoms with van der Waals surface area (Å²) in [4.78, 5) is 0. The standard InChI is InChI=1S/C12H15N/c1-3-7-11-9(5-1)10-6-2-4-8-12(10)13-11/h1-2,5-6,9,11,13H,3-4,7-8H2. The van der Waals surface area contributed by atoms with Crippen LogP contribution in [0.25, 0.3) is 0 Å². The summed E-state index contributed by atoms with van der Waals surface area (Å²) in [6.07, 6.45) is 14.4. The molecule has 1 aliphatic heterocycles. The molecule has 1 heterocycles. The summed E-state index contributed by atoms with van der Waals surface area (Å²) in [7, 11) is 0. The summed E-state index contributed by atoms with van der Waals surface area (Å²) in [5.41, 5.74) is 3.08. The molecule has 0 aromatic carbocycles. The SMILES string of the molecule is C1=CC2=C(CC1)NC1CCC=CC21. The second-order valence-electron chi connectivity index (χ2n) is 4.16. The molecule has 0 amide bonds. The Morgan fingerprint density at radius 3 is 3.23 bits per heavy atom. The number of nitrogens with one attached hydrogen (secondary N) is 1. The van der Waals surface area contributed by atoms with Crippen molar-refractivity contribution in [1.82, 2.24) is 5.32 Å². The van der Waals surface area contributed by atoms with Gasteiger partial charge < -0.3 is 5.32 Å². The van der Waals surface area contributed by atoms with E-state index in [1.54, 1.807) is 5.57 Å². The van der Waals surface area contributed by atoms with Gasteiger partial charge in [0.15, 0.2) is 0 Å². The lowest BCUT2D eigenvalue weighted by molar-refractivity contribution is 0.481. The van der Waals surface area contributed by atoms with Gasteiger partial charge in [-0.25, -0.2) is 0 Å². The zero-order valence-corrected chi connectivity index (χ0v) is 7.79. The zero-order valence-electron chi connectivity index (χ0n) is 7.79. The molecule has 2 aliphatic carbocycles. The number of allylic oxidation sites excluding steroid dienone is 4. The molecule has 3 rings (SSSR count). The van der Waals surface area contributed by atoms with Gasteiger partial charge in [0, 0.05) is 17.7 Å². The maximum absolute atomic E-state index is 3.67. The summed E-state index contributed by atoms with van der Waals surface area (Å²) in [5, 5.41) is 3.67. The van der Waals surface area contributed by atoms with Crippen molar-refractivity contribution in [3.8, 4) is 0 Å². The maximum atomic E-state index is 3.67. The van der Waals surface area contributed by atoms with Crippen molar-refractivity contribution in [3.05, 3.63) is 35.6 Å². The van der Waals surface area contributed by atoms with Crippen LogP contribution in [0.15, 0.2) is 35.6 Å². The molecule has 0 saturated heterocycles. The summed E-state index contributed by atoms with van der Waals surface area (Å²) in [6, 6.07) is 0.706. The van der Waals surface area contributed by atoms with Gasteiger partial charge >= 0.3 is 0 Å². The van der Waals surface area contributed by atoms with E-state index in [1.165, 1.54) is 31.4 Å². The first kappa shape index (κ1) is 7.43. The topological polar surface area (TPSA) is 12.0 Å². The molecule has 0 aromatic rings. The predicted octanol–water partition coefficient (Wildman–Crippen LogP) is 2.53. The van der Waals surface area contributed by atoms with E-state index >= 15 is 0 Å². The van der Waals surface area contributed by atoms with Crippen molar-refractivity contribution in [2.75, 3.05) is 0 Å². The average Bonchev–Trinajstić information content (AvgIpc) is 2.56. The Balaban J connectivity index is 1.97. The summed E-state index contributed by atoms with van der Waals surface area (Å²) >= 11 is 0. The molecule has 2 unspecified atom stereocenters. The van der Waals surface area contributed by atoms with Crippen molar-refractivity contribution >= 4 is 0 Å².